The fourth-order valence-corrected chi connectivity index (χ4v) is 1.94. The van der Waals surface area contributed by atoms with Crippen LogP contribution in [-0.4, -0.2) is 72.6 Å². The quantitative estimate of drug-likeness (QED) is 0.833. The molecule has 2 rings (SSSR count). The van der Waals surface area contributed by atoms with Crippen LogP contribution in [0.25, 0.3) is 0 Å². The molecular formula is C13H16N2O6. The van der Waals surface area contributed by atoms with E-state index in [1.807, 2.05) is 0 Å². The maximum atomic E-state index is 12.0. The molecule has 2 heterocycles. The van der Waals surface area contributed by atoms with Gasteiger partial charge in [0, 0.05) is 20.1 Å². The number of carboxylic acid groups (broad SMARTS) is 1. The third-order valence-electron chi connectivity index (χ3n) is 3.11. The number of amides is 2. The van der Waals surface area contributed by atoms with E-state index in [9.17, 15) is 14.4 Å². The first kappa shape index (κ1) is 15.0. The number of hydrogen-bond acceptors (Lipinski definition) is 5. The number of rotatable bonds is 4. The number of morpholine rings is 1. The van der Waals surface area contributed by atoms with Gasteiger partial charge in [-0.15, -0.1) is 0 Å². The smallest absolute Gasteiger partial charge is 0.371 e. The summed E-state index contributed by atoms with van der Waals surface area (Å²) in [5.41, 5.74) is 0. The van der Waals surface area contributed by atoms with Crippen LogP contribution in [0.4, 0.5) is 0 Å². The van der Waals surface area contributed by atoms with Crippen LogP contribution in [0.15, 0.2) is 16.5 Å². The molecule has 0 aliphatic carbocycles. The largest absolute Gasteiger partial charge is 0.475 e. The van der Waals surface area contributed by atoms with Gasteiger partial charge in [-0.25, -0.2) is 4.79 Å². The minimum Gasteiger partial charge on any atom is -0.475 e. The van der Waals surface area contributed by atoms with Gasteiger partial charge in [-0.05, 0) is 12.1 Å². The third kappa shape index (κ3) is 3.60. The summed E-state index contributed by atoms with van der Waals surface area (Å²) < 4.78 is 10.1. The Balaban J connectivity index is 1.95. The van der Waals surface area contributed by atoms with Crippen molar-refractivity contribution in [1.82, 2.24) is 9.80 Å². The van der Waals surface area contributed by atoms with E-state index in [0.29, 0.717) is 26.3 Å². The number of aromatic carboxylic acids is 1. The minimum atomic E-state index is -1.25. The SMILES string of the molecule is CN(CC(=O)N1CCOCC1)C(=O)c1ccc(C(=O)O)o1. The first-order valence-corrected chi connectivity index (χ1v) is 6.43. The highest BCUT2D eigenvalue weighted by atomic mass is 16.5. The van der Waals surface area contributed by atoms with Gasteiger partial charge in [0.25, 0.3) is 5.91 Å². The van der Waals surface area contributed by atoms with Gasteiger partial charge in [-0.2, -0.15) is 0 Å². The lowest BCUT2D eigenvalue weighted by Crippen LogP contribution is -2.46. The van der Waals surface area contributed by atoms with E-state index >= 15 is 0 Å². The molecule has 21 heavy (non-hydrogen) atoms. The van der Waals surface area contributed by atoms with Crippen molar-refractivity contribution in [3.8, 4) is 0 Å². The highest BCUT2D eigenvalue weighted by Gasteiger charge is 2.23. The molecule has 0 radical (unpaired) electrons. The maximum Gasteiger partial charge on any atom is 0.371 e. The predicted octanol–water partition coefficient (Wildman–Crippen LogP) is -0.0914. The van der Waals surface area contributed by atoms with E-state index in [1.54, 1.807) is 4.90 Å². The summed E-state index contributed by atoms with van der Waals surface area (Å²) >= 11 is 0. The van der Waals surface area contributed by atoms with Gasteiger partial charge in [0.1, 0.15) is 0 Å². The molecule has 0 spiro atoms. The second-order valence-electron chi connectivity index (χ2n) is 4.62. The third-order valence-corrected chi connectivity index (χ3v) is 3.11. The van der Waals surface area contributed by atoms with Crippen molar-refractivity contribution >= 4 is 17.8 Å². The van der Waals surface area contributed by atoms with Crippen LogP contribution in [0.5, 0.6) is 0 Å². The molecule has 0 atom stereocenters. The van der Waals surface area contributed by atoms with Crippen LogP contribution >= 0.6 is 0 Å². The van der Waals surface area contributed by atoms with E-state index in [4.69, 9.17) is 14.3 Å². The number of likely N-dealkylation sites (N-methyl/N-ethyl adjacent to an activating group) is 1. The Morgan fingerprint density at radius 2 is 1.86 bits per heavy atom. The van der Waals surface area contributed by atoms with E-state index < -0.39 is 11.9 Å². The average Bonchev–Trinajstić information content (AvgIpc) is 2.97. The highest BCUT2D eigenvalue weighted by Crippen LogP contribution is 2.10. The van der Waals surface area contributed by atoms with Gasteiger partial charge in [-0.1, -0.05) is 0 Å². The van der Waals surface area contributed by atoms with E-state index in [2.05, 4.69) is 0 Å². The monoisotopic (exact) mass is 296 g/mol. The topological polar surface area (TPSA) is 100 Å². The zero-order valence-electron chi connectivity index (χ0n) is 11.6. The van der Waals surface area contributed by atoms with Crippen LogP contribution < -0.4 is 0 Å². The lowest BCUT2D eigenvalue weighted by molar-refractivity contribution is -0.135. The van der Waals surface area contributed by atoms with Gasteiger partial charge in [0.05, 0.1) is 19.8 Å². The molecule has 1 aliphatic rings. The Labute approximate surface area is 120 Å². The molecule has 0 aromatic carbocycles. The molecule has 1 aliphatic heterocycles. The van der Waals surface area contributed by atoms with Crippen molar-refractivity contribution in [3.05, 3.63) is 23.7 Å². The molecular weight excluding hydrogens is 280 g/mol. The molecule has 1 aromatic rings. The summed E-state index contributed by atoms with van der Waals surface area (Å²) in [4.78, 5) is 37.6. The highest BCUT2D eigenvalue weighted by molar-refractivity contribution is 5.95. The van der Waals surface area contributed by atoms with Crippen molar-refractivity contribution in [3.63, 3.8) is 0 Å². The molecule has 0 bridgehead atoms. The first-order valence-electron chi connectivity index (χ1n) is 6.43. The molecule has 8 nitrogen and oxygen atoms in total. The Kier molecular flexibility index (Phi) is 4.59. The fourth-order valence-electron chi connectivity index (χ4n) is 1.94. The Bertz CT molecular complexity index is 547. The molecule has 1 N–H and O–H groups in total. The number of carbonyl (C=O) groups excluding carboxylic acids is 2. The van der Waals surface area contributed by atoms with Gasteiger partial charge in [0.15, 0.2) is 5.76 Å². The van der Waals surface area contributed by atoms with Crippen LogP contribution in [-0.2, 0) is 9.53 Å². The van der Waals surface area contributed by atoms with Crippen molar-refractivity contribution in [2.75, 3.05) is 39.9 Å². The fraction of sp³-hybridized carbons (Fsp3) is 0.462. The molecule has 1 aromatic heterocycles. The normalized spacial score (nSPS) is 14.8. The number of ether oxygens (including phenoxy) is 1. The predicted molar refractivity (Wildman–Crippen MR) is 70.0 cm³/mol. The summed E-state index contributed by atoms with van der Waals surface area (Å²) in [5, 5.41) is 8.74. The van der Waals surface area contributed by atoms with Crippen molar-refractivity contribution < 1.29 is 28.6 Å². The van der Waals surface area contributed by atoms with Gasteiger partial charge >= 0.3 is 5.97 Å². The van der Waals surface area contributed by atoms with E-state index in [1.165, 1.54) is 24.1 Å². The van der Waals surface area contributed by atoms with Crippen LogP contribution in [0.2, 0.25) is 0 Å². The maximum absolute atomic E-state index is 12.0. The van der Waals surface area contributed by atoms with Crippen molar-refractivity contribution in [1.29, 1.82) is 0 Å². The van der Waals surface area contributed by atoms with Crippen LogP contribution in [0, 0.1) is 0 Å². The van der Waals surface area contributed by atoms with Crippen molar-refractivity contribution in [2.24, 2.45) is 0 Å². The summed E-state index contributed by atoms with van der Waals surface area (Å²) in [6, 6.07) is 2.48. The summed E-state index contributed by atoms with van der Waals surface area (Å²) in [6.07, 6.45) is 0. The summed E-state index contributed by atoms with van der Waals surface area (Å²) in [7, 11) is 1.46. The minimum absolute atomic E-state index is 0.0953. The van der Waals surface area contributed by atoms with Crippen LogP contribution in [0.3, 0.4) is 0 Å². The molecule has 0 saturated carbocycles. The standard InChI is InChI=1S/C13H16N2O6/c1-14(8-11(16)15-4-6-20-7-5-15)12(17)9-2-3-10(21-9)13(18)19/h2-3H,4-8H2,1H3,(H,18,19). The van der Waals surface area contributed by atoms with Crippen LogP contribution in [0.1, 0.15) is 21.1 Å². The molecule has 8 heteroatoms. The lowest BCUT2D eigenvalue weighted by atomic mass is 10.3. The number of carbonyl (C=O) groups is 3. The molecule has 1 fully saturated rings. The first-order chi connectivity index (χ1) is 9.99. The number of nitrogens with zero attached hydrogens (tertiary/aromatic N) is 2. The molecule has 0 unspecified atom stereocenters. The van der Waals surface area contributed by atoms with Crippen molar-refractivity contribution in [2.45, 2.75) is 0 Å². The lowest BCUT2D eigenvalue weighted by Gasteiger charge is -2.28. The summed E-state index contributed by atoms with van der Waals surface area (Å²) in [5.74, 6) is -2.39. The average molecular weight is 296 g/mol. The second kappa shape index (κ2) is 6.40. The molecule has 2 amide bonds. The Hall–Kier alpha value is -2.35. The molecule has 1 saturated heterocycles. The number of carboxylic acids is 1. The number of furan rings is 1. The zero-order chi connectivity index (χ0) is 15.4. The van der Waals surface area contributed by atoms with E-state index in [-0.39, 0.29) is 24.0 Å². The van der Waals surface area contributed by atoms with E-state index in [0.717, 1.165) is 0 Å². The Morgan fingerprint density at radius 1 is 1.24 bits per heavy atom. The number of hydrogen-bond donors (Lipinski definition) is 1. The molecule has 114 valence electrons. The second-order valence-corrected chi connectivity index (χ2v) is 4.62. The van der Waals surface area contributed by atoms with Gasteiger partial charge < -0.3 is 24.1 Å². The Morgan fingerprint density at radius 3 is 2.43 bits per heavy atom. The zero-order valence-corrected chi connectivity index (χ0v) is 11.6. The van der Waals surface area contributed by atoms with Gasteiger partial charge in [0.2, 0.25) is 11.7 Å². The van der Waals surface area contributed by atoms with Gasteiger partial charge in [-0.3, -0.25) is 9.59 Å². The summed E-state index contributed by atoms with van der Waals surface area (Å²) in [6.45, 7) is 1.89.